The average Bonchev–Trinajstić information content (AvgIpc) is 2.73. The molecule has 0 radical (unpaired) electrons. The topological polar surface area (TPSA) is 44.5 Å². The van der Waals surface area contributed by atoms with Gasteiger partial charge in [-0.25, -0.2) is 0 Å². The van der Waals surface area contributed by atoms with Gasteiger partial charge in [0, 0.05) is 0 Å². The van der Waals surface area contributed by atoms with Crippen LogP contribution in [0.15, 0.2) is 0 Å². The Morgan fingerprint density at radius 1 is 1.19 bits per heavy atom. The third-order valence-corrected chi connectivity index (χ3v) is 3.96. The van der Waals surface area contributed by atoms with Gasteiger partial charge in [0.1, 0.15) is 0 Å². The zero-order valence-corrected chi connectivity index (χ0v) is 10.4. The van der Waals surface area contributed by atoms with Crippen LogP contribution in [0.3, 0.4) is 0 Å². The fraction of sp³-hybridized carbons (Fsp3) is 1.00. The van der Waals surface area contributed by atoms with Crippen LogP contribution in [0.2, 0.25) is 0 Å². The van der Waals surface area contributed by atoms with Gasteiger partial charge in [-0.05, 0) is 45.1 Å². The first kappa shape index (κ1) is 12.3. The van der Waals surface area contributed by atoms with Crippen molar-refractivity contribution in [1.82, 2.24) is 0 Å². The monoisotopic (exact) mass is 227 g/mol. The molecule has 94 valence electrons. The quantitative estimate of drug-likeness (QED) is 0.800. The number of hydrogen-bond acceptors (Lipinski definition) is 3. The van der Waals surface area contributed by atoms with Crippen LogP contribution < -0.4 is 5.73 Å². The van der Waals surface area contributed by atoms with E-state index in [2.05, 4.69) is 6.92 Å². The largest absolute Gasteiger partial charge is 0.375 e. The standard InChI is InChI=1S/C13H25NO2/c1-10-6-7-12(16-10)9-15-13-5-3-2-4-11(13)8-14/h10-13H,2-9,14H2,1H3. The minimum absolute atomic E-state index is 0.329. The van der Waals surface area contributed by atoms with Gasteiger partial charge < -0.3 is 15.2 Å². The van der Waals surface area contributed by atoms with Crippen molar-refractivity contribution in [3.05, 3.63) is 0 Å². The van der Waals surface area contributed by atoms with Crippen LogP contribution in [0.5, 0.6) is 0 Å². The average molecular weight is 227 g/mol. The van der Waals surface area contributed by atoms with Gasteiger partial charge >= 0.3 is 0 Å². The van der Waals surface area contributed by atoms with Crippen LogP contribution in [0, 0.1) is 5.92 Å². The summed E-state index contributed by atoms with van der Waals surface area (Å²) in [4.78, 5) is 0. The van der Waals surface area contributed by atoms with E-state index in [0.29, 0.717) is 24.2 Å². The van der Waals surface area contributed by atoms with E-state index in [1.165, 1.54) is 32.1 Å². The van der Waals surface area contributed by atoms with Crippen molar-refractivity contribution in [2.45, 2.75) is 63.8 Å². The van der Waals surface area contributed by atoms with Crippen molar-refractivity contribution in [2.24, 2.45) is 11.7 Å². The molecule has 0 aromatic heterocycles. The van der Waals surface area contributed by atoms with Crippen molar-refractivity contribution in [2.75, 3.05) is 13.2 Å². The lowest BCUT2D eigenvalue weighted by Gasteiger charge is -2.31. The third-order valence-electron chi connectivity index (χ3n) is 3.96. The number of ether oxygens (including phenoxy) is 2. The van der Waals surface area contributed by atoms with Crippen molar-refractivity contribution in [3.8, 4) is 0 Å². The summed E-state index contributed by atoms with van der Waals surface area (Å²) in [6.45, 7) is 3.68. The molecule has 2 aliphatic rings. The molecule has 3 heteroatoms. The van der Waals surface area contributed by atoms with E-state index in [-0.39, 0.29) is 0 Å². The third kappa shape index (κ3) is 3.19. The lowest BCUT2D eigenvalue weighted by atomic mass is 9.86. The van der Waals surface area contributed by atoms with Crippen molar-refractivity contribution in [3.63, 3.8) is 0 Å². The molecule has 3 nitrogen and oxygen atoms in total. The molecule has 4 unspecified atom stereocenters. The predicted molar refractivity (Wildman–Crippen MR) is 64.3 cm³/mol. The van der Waals surface area contributed by atoms with Crippen molar-refractivity contribution >= 4 is 0 Å². The van der Waals surface area contributed by atoms with Gasteiger partial charge in [-0.1, -0.05) is 12.8 Å². The molecule has 1 aliphatic heterocycles. The normalized spacial score (nSPS) is 40.1. The molecular formula is C13H25NO2. The van der Waals surface area contributed by atoms with E-state index in [1.807, 2.05) is 0 Å². The number of rotatable bonds is 4. The lowest BCUT2D eigenvalue weighted by Crippen LogP contribution is -2.35. The number of nitrogens with two attached hydrogens (primary N) is 1. The van der Waals surface area contributed by atoms with E-state index in [4.69, 9.17) is 15.2 Å². The van der Waals surface area contributed by atoms with Crippen LogP contribution >= 0.6 is 0 Å². The Labute approximate surface area is 98.7 Å². The highest BCUT2D eigenvalue weighted by Crippen LogP contribution is 2.27. The molecule has 0 amide bonds. The molecule has 0 spiro atoms. The summed E-state index contributed by atoms with van der Waals surface area (Å²) < 4.78 is 11.8. The first-order valence-electron chi connectivity index (χ1n) is 6.76. The van der Waals surface area contributed by atoms with Crippen LogP contribution in [0.4, 0.5) is 0 Å². The summed E-state index contributed by atoms with van der Waals surface area (Å²) >= 11 is 0. The van der Waals surface area contributed by atoms with Crippen LogP contribution in [0.25, 0.3) is 0 Å². The van der Waals surface area contributed by atoms with Gasteiger partial charge in [0.05, 0.1) is 24.9 Å². The highest BCUT2D eigenvalue weighted by molar-refractivity contribution is 4.78. The minimum atomic E-state index is 0.329. The maximum atomic E-state index is 6.01. The Morgan fingerprint density at radius 2 is 2.00 bits per heavy atom. The maximum absolute atomic E-state index is 6.01. The Balaban J connectivity index is 1.71. The molecule has 1 saturated heterocycles. The Hall–Kier alpha value is -0.120. The van der Waals surface area contributed by atoms with Crippen molar-refractivity contribution < 1.29 is 9.47 Å². The summed E-state index contributed by atoms with van der Waals surface area (Å²) in [5.74, 6) is 0.576. The predicted octanol–water partition coefficient (Wildman–Crippen LogP) is 2.09. The molecule has 2 N–H and O–H groups in total. The molecule has 0 aromatic carbocycles. The lowest BCUT2D eigenvalue weighted by molar-refractivity contribution is -0.0646. The second kappa shape index (κ2) is 5.99. The SMILES string of the molecule is CC1CCC(COC2CCCCC2CN)O1. The van der Waals surface area contributed by atoms with Gasteiger partial charge in [0.15, 0.2) is 0 Å². The van der Waals surface area contributed by atoms with Gasteiger partial charge in [-0.3, -0.25) is 0 Å². The first-order valence-corrected chi connectivity index (χ1v) is 6.76. The number of hydrogen-bond donors (Lipinski definition) is 1. The zero-order chi connectivity index (χ0) is 11.4. The summed E-state index contributed by atoms with van der Waals surface area (Å²) in [5.41, 5.74) is 5.79. The molecule has 1 aliphatic carbocycles. The molecular weight excluding hydrogens is 202 g/mol. The molecule has 2 rings (SSSR count). The highest BCUT2D eigenvalue weighted by atomic mass is 16.5. The fourth-order valence-electron chi connectivity index (χ4n) is 2.90. The Kier molecular flexibility index (Phi) is 4.62. The van der Waals surface area contributed by atoms with Gasteiger partial charge in [-0.2, -0.15) is 0 Å². The smallest absolute Gasteiger partial charge is 0.0813 e. The highest BCUT2D eigenvalue weighted by Gasteiger charge is 2.27. The summed E-state index contributed by atoms with van der Waals surface area (Å²) in [5, 5.41) is 0. The fourth-order valence-corrected chi connectivity index (χ4v) is 2.90. The van der Waals surface area contributed by atoms with E-state index in [0.717, 1.165) is 19.6 Å². The summed E-state index contributed by atoms with van der Waals surface area (Å²) in [6, 6.07) is 0. The van der Waals surface area contributed by atoms with Crippen LogP contribution in [0.1, 0.15) is 45.4 Å². The molecule has 1 heterocycles. The summed E-state index contributed by atoms with van der Waals surface area (Å²) in [7, 11) is 0. The Morgan fingerprint density at radius 3 is 2.69 bits per heavy atom. The van der Waals surface area contributed by atoms with E-state index < -0.39 is 0 Å². The van der Waals surface area contributed by atoms with E-state index in [9.17, 15) is 0 Å². The minimum Gasteiger partial charge on any atom is -0.375 e. The van der Waals surface area contributed by atoms with E-state index in [1.54, 1.807) is 0 Å². The second-order valence-electron chi connectivity index (χ2n) is 5.30. The first-order chi connectivity index (χ1) is 7.79. The maximum Gasteiger partial charge on any atom is 0.0813 e. The zero-order valence-electron chi connectivity index (χ0n) is 10.4. The van der Waals surface area contributed by atoms with Gasteiger partial charge in [-0.15, -0.1) is 0 Å². The summed E-state index contributed by atoms with van der Waals surface area (Å²) in [6.07, 6.45) is 8.51. The van der Waals surface area contributed by atoms with Crippen LogP contribution in [-0.2, 0) is 9.47 Å². The Bertz CT molecular complexity index is 210. The molecule has 4 atom stereocenters. The molecule has 0 bridgehead atoms. The molecule has 2 fully saturated rings. The van der Waals surface area contributed by atoms with Crippen LogP contribution in [-0.4, -0.2) is 31.5 Å². The van der Waals surface area contributed by atoms with Gasteiger partial charge in [0.25, 0.3) is 0 Å². The molecule has 1 saturated carbocycles. The van der Waals surface area contributed by atoms with Crippen molar-refractivity contribution in [1.29, 1.82) is 0 Å². The molecule has 0 aromatic rings. The second-order valence-corrected chi connectivity index (χ2v) is 5.30. The van der Waals surface area contributed by atoms with Gasteiger partial charge in [0.2, 0.25) is 0 Å². The molecule has 16 heavy (non-hydrogen) atoms. The van der Waals surface area contributed by atoms with E-state index >= 15 is 0 Å².